The van der Waals surface area contributed by atoms with Crippen LogP contribution < -0.4 is 9.64 Å². The molecule has 0 bridgehead atoms. The zero-order chi connectivity index (χ0) is 18.1. The topological polar surface area (TPSA) is 49.8 Å². The number of allylic oxidation sites excluding steroid dienone is 1. The number of ether oxygens (including phenoxy) is 1. The van der Waals surface area contributed by atoms with Gasteiger partial charge < -0.3 is 14.7 Å². The Balaban J connectivity index is 1.80. The SMILES string of the molecule is CC(=CO)C(=O)c1ccc(N2c3ccccc3Oc3ccccc32)cc1. The van der Waals surface area contributed by atoms with Gasteiger partial charge in [-0.1, -0.05) is 24.3 Å². The van der Waals surface area contributed by atoms with Gasteiger partial charge in [0.25, 0.3) is 0 Å². The second-order valence-electron chi connectivity index (χ2n) is 6.06. The fourth-order valence-electron chi connectivity index (χ4n) is 3.03. The number of hydrogen-bond acceptors (Lipinski definition) is 4. The number of fused-ring (bicyclic) bond motifs is 2. The number of carbonyl (C=O) groups excluding carboxylic acids is 1. The van der Waals surface area contributed by atoms with E-state index in [1.165, 1.54) is 0 Å². The summed E-state index contributed by atoms with van der Waals surface area (Å²) in [6, 6.07) is 23.0. The second-order valence-corrected chi connectivity index (χ2v) is 6.06. The summed E-state index contributed by atoms with van der Waals surface area (Å²) in [6.45, 7) is 1.59. The van der Waals surface area contributed by atoms with Crippen molar-refractivity contribution in [1.29, 1.82) is 0 Å². The van der Waals surface area contributed by atoms with E-state index < -0.39 is 0 Å². The van der Waals surface area contributed by atoms with E-state index in [0.717, 1.165) is 34.8 Å². The molecule has 0 radical (unpaired) electrons. The number of rotatable bonds is 3. The van der Waals surface area contributed by atoms with Crippen molar-refractivity contribution < 1.29 is 14.6 Å². The molecule has 0 amide bonds. The van der Waals surface area contributed by atoms with E-state index in [0.29, 0.717) is 11.1 Å². The van der Waals surface area contributed by atoms with Crippen LogP contribution in [0.25, 0.3) is 0 Å². The molecule has 0 saturated carbocycles. The third-order valence-electron chi connectivity index (χ3n) is 4.37. The molecule has 1 heterocycles. The lowest BCUT2D eigenvalue weighted by Gasteiger charge is -2.32. The Hall–Kier alpha value is -3.53. The third kappa shape index (κ3) is 2.62. The minimum Gasteiger partial charge on any atom is -0.515 e. The van der Waals surface area contributed by atoms with Crippen LogP contribution >= 0.6 is 0 Å². The van der Waals surface area contributed by atoms with E-state index in [2.05, 4.69) is 4.90 Å². The molecule has 4 nitrogen and oxygen atoms in total. The van der Waals surface area contributed by atoms with E-state index in [4.69, 9.17) is 9.84 Å². The quantitative estimate of drug-likeness (QED) is 0.285. The molecule has 0 fully saturated rings. The summed E-state index contributed by atoms with van der Waals surface area (Å²) in [6.07, 6.45) is 0.838. The maximum atomic E-state index is 12.2. The summed E-state index contributed by atoms with van der Waals surface area (Å²) in [4.78, 5) is 14.3. The van der Waals surface area contributed by atoms with Gasteiger partial charge in [0.2, 0.25) is 0 Å². The molecule has 1 aliphatic rings. The van der Waals surface area contributed by atoms with Crippen LogP contribution in [0.15, 0.2) is 84.6 Å². The predicted octanol–water partition coefficient (Wildman–Crippen LogP) is 5.91. The molecule has 0 aromatic heterocycles. The van der Waals surface area contributed by atoms with Gasteiger partial charge in [-0.05, 0) is 55.5 Å². The Morgan fingerprint density at radius 2 is 1.42 bits per heavy atom. The molecule has 0 unspecified atom stereocenters. The number of anilines is 3. The van der Waals surface area contributed by atoms with Crippen LogP contribution in [0.1, 0.15) is 17.3 Å². The van der Waals surface area contributed by atoms with E-state index in [1.54, 1.807) is 19.1 Å². The molecule has 3 aromatic carbocycles. The van der Waals surface area contributed by atoms with Gasteiger partial charge in [-0.25, -0.2) is 0 Å². The number of aliphatic hydroxyl groups is 1. The fourth-order valence-corrected chi connectivity index (χ4v) is 3.03. The normalized spacial score (nSPS) is 12.8. The average Bonchev–Trinajstić information content (AvgIpc) is 2.71. The van der Waals surface area contributed by atoms with Gasteiger partial charge >= 0.3 is 0 Å². The van der Waals surface area contributed by atoms with Crippen molar-refractivity contribution in [2.24, 2.45) is 0 Å². The average molecular weight is 343 g/mol. The molecular weight excluding hydrogens is 326 g/mol. The first kappa shape index (κ1) is 16.0. The number of aliphatic hydroxyl groups excluding tert-OH is 1. The standard InChI is InChI=1S/C22H17NO3/c1-15(14-24)22(25)16-10-12-17(13-11-16)23-18-6-2-4-8-20(18)26-21-9-5-3-7-19(21)23/h2-14,24H,1H3. The van der Waals surface area contributed by atoms with Crippen molar-refractivity contribution in [3.8, 4) is 11.5 Å². The molecule has 1 N–H and O–H groups in total. The first-order chi connectivity index (χ1) is 12.7. The minimum absolute atomic E-state index is 0.193. The van der Waals surface area contributed by atoms with Crippen LogP contribution in [-0.2, 0) is 0 Å². The number of nitrogens with zero attached hydrogens (tertiary/aromatic N) is 1. The predicted molar refractivity (Wildman–Crippen MR) is 102 cm³/mol. The lowest BCUT2D eigenvalue weighted by atomic mass is 10.0. The van der Waals surface area contributed by atoms with Crippen LogP contribution in [0.5, 0.6) is 11.5 Å². The van der Waals surface area contributed by atoms with Crippen LogP contribution in [0.2, 0.25) is 0 Å². The number of ketones is 1. The number of hydrogen-bond donors (Lipinski definition) is 1. The van der Waals surface area contributed by atoms with Crippen LogP contribution in [0.4, 0.5) is 17.1 Å². The van der Waals surface area contributed by atoms with Gasteiger partial charge in [0.1, 0.15) is 0 Å². The van der Waals surface area contributed by atoms with Crippen LogP contribution in [-0.4, -0.2) is 10.9 Å². The maximum absolute atomic E-state index is 12.2. The van der Waals surface area contributed by atoms with Crippen molar-refractivity contribution in [3.05, 3.63) is 90.2 Å². The van der Waals surface area contributed by atoms with Gasteiger partial charge in [0.05, 0.1) is 17.6 Å². The molecule has 3 aromatic rings. The Labute approximate surface area is 151 Å². The molecule has 26 heavy (non-hydrogen) atoms. The highest BCUT2D eigenvalue weighted by Crippen LogP contribution is 2.49. The van der Waals surface area contributed by atoms with E-state index >= 15 is 0 Å². The van der Waals surface area contributed by atoms with Crippen molar-refractivity contribution in [2.45, 2.75) is 6.92 Å². The van der Waals surface area contributed by atoms with Gasteiger partial charge in [-0.3, -0.25) is 4.79 Å². The van der Waals surface area contributed by atoms with Gasteiger partial charge in [-0.2, -0.15) is 0 Å². The maximum Gasteiger partial charge on any atom is 0.191 e. The third-order valence-corrected chi connectivity index (χ3v) is 4.37. The van der Waals surface area contributed by atoms with Gasteiger partial charge in [-0.15, -0.1) is 0 Å². The molecule has 0 saturated heterocycles. The number of benzene rings is 3. The lowest BCUT2D eigenvalue weighted by Crippen LogP contribution is -2.15. The van der Waals surface area contributed by atoms with Crippen molar-refractivity contribution >= 4 is 22.8 Å². The zero-order valence-corrected chi connectivity index (χ0v) is 14.2. The largest absolute Gasteiger partial charge is 0.515 e. The van der Waals surface area contributed by atoms with E-state index in [1.807, 2.05) is 60.7 Å². The first-order valence-electron chi connectivity index (χ1n) is 8.31. The molecule has 0 spiro atoms. The molecule has 1 aliphatic heterocycles. The fraction of sp³-hybridized carbons (Fsp3) is 0.0455. The Kier molecular flexibility index (Phi) is 3.93. The highest BCUT2D eigenvalue weighted by Gasteiger charge is 2.25. The van der Waals surface area contributed by atoms with Crippen molar-refractivity contribution in [2.75, 3.05) is 4.90 Å². The monoisotopic (exact) mass is 343 g/mol. The Morgan fingerprint density at radius 1 is 0.885 bits per heavy atom. The molecular formula is C22H17NO3. The van der Waals surface area contributed by atoms with E-state index in [-0.39, 0.29) is 5.78 Å². The lowest BCUT2D eigenvalue weighted by molar-refractivity contribution is 0.103. The molecule has 4 heteroatoms. The van der Waals surface area contributed by atoms with Crippen LogP contribution in [0, 0.1) is 0 Å². The molecule has 0 atom stereocenters. The summed E-state index contributed by atoms with van der Waals surface area (Å²) in [5.74, 6) is 1.37. The van der Waals surface area contributed by atoms with Gasteiger partial charge in [0.15, 0.2) is 17.3 Å². The van der Waals surface area contributed by atoms with E-state index in [9.17, 15) is 4.79 Å². The minimum atomic E-state index is -0.193. The Bertz CT molecular complexity index is 960. The highest BCUT2D eigenvalue weighted by molar-refractivity contribution is 6.08. The molecule has 4 rings (SSSR count). The number of carbonyl (C=O) groups is 1. The highest BCUT2D eigenvalue weighted by atomic mass is 16.5. The van der Waals surface area contributed by atoms with Crippen LogP contribution in [0.3, 0.4) is 0 Å². The summed E-state index contributed by atoms with van der Waals surface area (Å²) in [5, 5.41) is 9.04. The number of Topliss-reactive ketones (excluding diaryl/α,β-unsaturated/α-hetero) is 1. The molecule has 128 valence electrons. The Morgan fingerprint density at radius 3 is 1.96 bits per heavy atom. The first-order valence-corrected chi connectivity index (χ1v) is 8.31. The second kappa shape index (κ2) is 6.41. The summed E-state index contributed by atoms with van der Waals surface area (Å²) in [5.41, 5.74) is 3.65. The summed E-state index contributed by atoms with van der Waals surface area (Å²) >= 11 is 0. The van der Waals surface area contributed by atoms with Crippen molar-refractivity contribution in [1.82, 2.24) is 0 Å². The number of para-hydroxylation sites is 4. The van der Waals surface area contributed by atoms with Crippen molar-refractivity contribution in [3.63, 3.8) is 0 Å². The van der Waals surface area contributed by atoms with Gasteiger partial charge in [0, 0.05) is 16.8 Å². The smallest absolute Gasteiger partial charge is 0.191 e. The zero-order valence-electron chi connectivity index (χ0n) is 14.2. The summed E-state index contributed by atoms with van der Waals surface area (Å²) < 4.78 is 6.01. The summed E-state index contributed by atoms with van der Waals surface area (Å²) in [7, 11) is 0. The molecule has 0 aliphatic carbocycles.